The van der Waals surface area contributed by atoms with Crippen molar-refractivity contribution in [3.63, 3.8) is 0 Å². The van der Waals surface area contributed by atoms with E-state index < -0.39 is 15.6 Å². The number of carbonyl (C=O) groups is 1. The molecule has 0 aliphatic rings. The Kier molecular flexibility index (Phi) is 6.77. The number of sulfonamides is 1. The number of hydrogen-bond donors (Lipinski definition) is 2. The van der Waals surface area contributed by atoms with Gasteiger partial charge in [0.15, 0.2) is 6.61 Å². The highest BCUT2D eigenvalue weighted by Gasteiger charge is 2.13. The van der Waals surface area contributed by atoms with Gasteiger partial charge in [-0.1, -0.05) is 25.5 Å². The average molecular weight is 445 g/mol. The fourth-order valence-electron chi connectivity index (χ4n) is 3.23. The van der Waals surface area contributed by atoms with Crippen LogP contribution in [0.4, 0.5) is 0 Å². The molecular weight excluding hydrogens is 420 g/mol. The molecule has 1 heterocycles. The minimum absolute atomic E-state index is 0.00596. The van der Waals surface area contributed by atoms with E-state index in [-0.39, 0.29) is 24.0 Å². The summed E-state index contributed by atoms with van der Waals surface area (Å²) in [4.78, 5) is 24.1. The summed E-state index contributed by atoms with van der Waals surface area (Å²) in [5.41, 5.74) is 2.34. The van der Waals surface area contributed by atoms with Gasteiger partial charge < -0.3 is 14.5 Å². The molecule has 9 heteroatoms. The third-order valence-corrected chi connectivity index (χ3v) is 5.75. The zero-order valence-electron chi connectivity index (χ0n) is 17.3. The maximum absolute atomic E-state index is 12.2. The van der Waals surface area contributed by atoms with Crippen molar-refractivity contribution in [2.24, 2.45) is 5.14 Å². The lowest BCUT2D eigenvalue weighted by atomic mass is 10.0. The second-order valence-corrected chi connectivity index (χ2v) is 8.72. The normalized spacial score (nSPS) is 11.5. The lowest BCUT2D eigenvalue weighted by Crippen LogP contribution is -2.28. The highest BCUT2D eigenvalue weighted by atomic mass is 32.2. The Morgan fingerprint density at radius 1 is 1.16 bits per heavy atom. The first kappa shape index (κ1) is 22.5. The zero-order chi connectivity index (χ0) is 22.6. The van der Waals surface area contributed by atoms with Crippen molar-refractivity contribution in [2.75, 3.05) is 6.61 Å². The molecule has 3 rings (SSSR count). The van der Waals surface area contributed by atoms with E-state index in [9.17, 15) is 18.0 Å². The third kappa shape index (κ3) is 5.50. The summed E-state index contributed by atoms with van der Waals surface area (Å²) in [5.74, 6) is 0.105. The lowest BCUT2D eigenvalue weighted by molar-refractivity contribution is -0.123. The predicted molar refractivity (Wildman–Crippen MR) is 116 cm³/mol. The number of benzene rings is 2. The Morgan fingerprint density at radius 3 is 2.52 bits per heavy atom. The summed E-state index contributed by atoms with van der Waals surface area (Å²) in [5, 5.41) is 8.62. The number of aryl methyl sites for hydroxylation is 2. The Bertz CT molecular complexity index is 1260. The molecule has 0 aliphatic carbocycles. The zero-order valence-corrected chi connectivity index (χ0v) is 18.1. The molecule has 0 radical (unpaired) electrons. The molecule has 1 aromatic heterocycles. The highest BCUT2D eigenvalue weighted by molar-refractivity contribution is 7.89. The number of rotatable bonds is 8. The quantitative estimate of drug-likeness (QED) is 0.513. The van der Waals surface area contributed by atoms with E-state index in [4.69, 9.17) is 14.3 Å². The van der Waals surface area contributed by atoms with E-state index in [0.717, 1.165) is 23.8 Å². The second-order valence-electron chi connectivity index (χ2n) is 7.16. The summed E-state index contributed by atoms with van der Waals surface area (Å²) >= 11 is 0. The Hall–Kier alpha value is -3.17. The summed E-state index contributed by atoms with van der Waals surface area (Å²) in [6.45, 7) is 3.80. The molecule has 0 saturated heterocycles. The number of ether oxygens (including phenoxy) is 1. The van der Waals surface area contributed by atoms with Gasteiger partial charge in [-0.05, 0) is 48.7 Å². The Labute approximate surface area is 180 Å². The standard InChI is InChI=1S/C22H24N2O6S/c1-3-4-16-11-21(26)30-22-14(2)19(10-9-18(16)22)29-13-20(25)24-12-15-5-7-17(8-6-15)31(23,27)28/h5-11H,3-4,12-13H2,1-2H3,(H,24,25)(H2,23,27,28). The van der Waals surface area contributed by atoms with Crippen molar-refractivity contribution in [1.29, 1.82) is 0 Å². The molecule has 1 amide bonds. The molecule has 0 fully saturated rings. The van der Waals surface area contributed by atoms with Gasteiger partial charge in [0.25, 0.3) is 5.91 Å². The van der Waals surface area contributed by atoms with E-state index in [2.05, 4.69) is 5.32 Å². The fraction of sp³-hybridized carbons (Fsp3) is 0.273. The van der Waals surface area contributed by atoms with Crippen LogP contribution in [0.1, 0.15) is 30.0 Å². The van der Waals surface area contributed by atoms with Gasteiger partial charge in [0, 0.05) is 23.6 Å². The average Bonchev–Trinajstić information content (AvgIpc) is 2.72. The number of fused-ring (bicyclic) bond motifs is 1. The van der Waals surface area contributed by atoms with Crippen molar-refractivity contribution in [3.05, 3.63) is 69.6 Å². The molecule has 3 aromatic rings. The topological polar surface area (TPSA) is 129 Å². The molecule has 0 bridgehead atoms. The van der Waals surface area contributed by atoms with Crippen LogP contribution in [0.5, 0.6) is 5.75 Å². The molecule has 0 aliphatic heterocycles. The van der Waals surface area contributed by atoms with Gasteiger partial charge in [0.1, 0.15) is 11.3 Å². The Balaban J connectivity index is 1.65. The van der Waals surface area contributed by atoms with E-state index >= 15 is 0 Å². The van der Waals surface area contributed by atoms with Crippen LogP contribution in [0.25, 0.3) is 11.0 Å². The van der Waals surface area contributed by atoms with Crippen molar-refractivity contribution in [2.45, 2.75) is 38.1 Å². The smallest absolute Gasteiger partial charge is 0.336 e. The summed E-state index contributed by atoms with van der Waals surface area (Å²) < 4.78 is 33.6. The number of nitrogens with one attached hydrogen (secondary N) is 1. The molecule has 164 valence electrons. The van der Waals surface area contributed by atoms with Gasteiger partial charge >= 0.3 is 5.63 Å². The van der Waals surface area contributed by atoms with E-state index in [1.165, 1.54) is 18.2 Å². The number of carbonyl (C=O) groups excluding carboxylic acids is 1. The van der Waals surface area contributed by atoms with Gasteiger partial charge in [0.05, 0.1) is 4.90 Å². The molecular formula is C22H24N2O6S. The molecule has 0 unspecified atom stereocenters. The van der Waals surface area contributed by atoms with Crippen LogP contribution in [0.2, 0.25) is 0 Å². The number of hydrogen-bond acceptors (Lipinski definition) is 6. The Morgan fingerprint density at radius 2 is 1.87 bits per heavy atom. The van der Waals surface area contributed by atoms with E-state index in [1.807, 2.05) is 13.0 Å². The van der Waals surface area contributed by atoms with Gasteiger partial charge in [-0.3, -0.25) is 4.79 Å². The maximum atomic E-state index is 12.2. The van der Waals surface area contributed by atoms with Crippen molar-refractivity contribution in [3.8, 4) is 5.75 Å². The van der Waals surface area contributed by atoms with E-state index in [1.54, 1.807) is 25.1 Å². The van der Waals surface area contributed by atoms with E-state index in [0.29, 0.717) is 22.5 Å². The second kappa shape index (κ2) is 9.32. The summed E-state index contributed by atoms with van der Waals surface area (Å²) in [6.07, 6.45) is 1.67. The first-order valence-corrected chi connectivity index (χ1v) is 11.3. The first-order valence-electron chi connectivity index (χ1n) is 9.76. The molecule has 3 N–H and O–H groups in total. The maximum Gasteiger partial charge on any atom is 0.336 e. The summed E-state index contributed by atoms with van der Waals surface area (Å²) in [6, 6.07) is 11.0. The number of nitrogens with two attached hydrogens (primary N) is 1. The summed E-state index contributed by atoms with van der Waals surface area (Å²) in [7, 11) is -3.75. The monoisotopic (exact) mass is 444 g/mol. The highest BCUT2D eigenvalue weighted by Crippen LogP contribution is 2.28. The molecule has 8 nitrogen and oxygen atoms in total. The largest absolute Gasteiger partial charge is 0.483 e. The fourth-order valence-corrected chi connectivity index (χ4v) is 3.75. The lowest BCUT2D eigenvalue weighted by Gasteiger charge is -2.12. The predicted octanol–water partition coefficient (Wildman–Crippen LogP) is 2.40. The third-order valence-electron chi connectivity index (χ3n) is 4.82. The van der Waals surface area contributed by atoms with Gasteiger partial charge in [-0.2, -0.15) is 0 Å². The number of amides is 1. The van der Waals surface area contributed by atoms with Gasteiger partial charge in [0.2, 0.25) is 10.0 Å². The van der Waals surface area contributed by atoms with Crippen molar-refractivity contribution < 1.29 is 22.4 Å². The van der Waals surface area contributed by atoms with Crippen LogP contribution in [0.3, 0.4) is 0 Å². The SMILES string of the molecule is CCCc1cc(=O)oc2c(C)c(OCC(=O)NCc3ccc(S(N)(=O)=O)cc3)ccc12. The first-order chi connectivity index (χ1) is 14.7. The molecule has 0 spiro atoms. The van der Waals surface area contributed by atoms with Crippen LogP contribution >= 0.6 is 0 Å². The number of primary sulfonamides is 1. The van der Waals surface area contributed by atoms with Crippen LogP contribution in [0.15, 0.2) is 56.6 Å². The molecule has 0 saturated carbocycles. The van der Waals surface area contributed by atoms with Crippen molar-refractivity contribution >= 4 is 26.9 Å². The minimum Gasteiger partial charge on any atom is -0.483 e. The molecule has 31 heavy (non-hydrogen) atoms. The van der Waals surface area contributed by atoms with Crippen LogP contribution in [-0.4, -0.2) is 20.9 Å². The van der Waals surface area contributed by atoms with Crippen LogP contribution in [-0.2, 0) is 27.8 Å². The molecule has 0 atom stereocenters. The van der Waals surface area contributed by atoms with Gasteiger partial charge in [-0.25, -0.2) is 18.4 Å². The molecule has 2 aromatic carbocycles. The van der Waals surface area contributed by atoms with Gasteiger partial charge in [-0.15, -0.1) is 0 Å². The minimum atomic E-state index is -3.75. The van der Waals surface area contributed by atoms with Crippen molar-refractivity contribution in [1.82, 2.24) is 5.32 Å². The van der Waals surface area contributed by atoms with Crippen LogP contribution in [0, 0.1) is 6.92 Å². The van der Waals surface area contributed by atoms with Crippen LogP contribution < -0.4 is 20.8 Å².